The van der Waals surface area contributed by atoms with Gasteiger partial charge in [-0.05, 0) is 29.8 Å². The van der Waals surface area contributed by atoms with Crippen molar-refractivity contribution in [3.63, 3.8) is 0 Å². The maximum Gasteiger partial charge on any atom is 0.209 e. The molecule has 176 valence electrons. The summed E-state index contributed by atoms with van der Waals surface area (Å²) in [6.07, 6.45) is 0. The van der Waals surface area contributed by atoms with Crippen LogP contribution >= 0.6 is 0 Å². The molecule has 2 heterocycles. The Balaban J connectivity index is 1.33. The fraction of sp³-hybridized carbons (Fsp3) is 0.111. The predicted octanol–water partition coefficient (Wildman–Crippen LogP) is 4.42. The average molecular weight is 469 g/mol. The van der Waals surface area contributed by atoms with Crippen LogP contribution in [-0.2, 0) is 12.1 Å². The Labute approximate surface area is 201 Å². The number of nitrogen functional groups attached to an aromatic ring is 1. The van der Waals surface area contributed by atoms with Gasteiger partial charge in [-0.2, -0.15) is 0 Å². The minimum atomic E-state index is -1.94. The number of hydrogen-bond acceptors (Lipinski definition) is 8. The highest BCUT2D eigenvalue weighted by atomic mass is 16.5. The number of nitrogens with one attached hydrogen (secondary N) is 1. The van der Waals surface area contributed by atoms with Gasteiger partial charge in [0.25, 0.3) is 0 Å². The second-order valence-electron chi connectivity index (χ2n) is 8.21. The molecule has 0 aliphatic heterocycles. The number of aliphatic hydroxyl groups excluding tert-OH is 1. The second-order valence-corrected chi connectivity index (χ2v) is 8.21. The molecule has 0 fully saturated rings. The third-order valence-corrected chi connectivity index (χ3v) is 5.79. The minimum absolute atomic E-state index is 0.0370. The molecule has 3 aromatic carbocycles. The third-order valence-electron chi connectivity index (χ3n) is 5.79. The van der Waals surface area contributed by atoms with Gasteiger partial charge in [0.15, 0.2) is 11.5 Å². The second kappa shape index (κ2) is 9.46. The third kappa shape index (κ3) is 4.65. The zero-order chi connectivity index (χ0) is 24.3. The smallest absolute Gasteiger partial charge is 0.209 e. The van der Waals surface area contributed by atoms with E-state index in [4.69, 9.17) is 14.8 Å². The zero-order valence-electron chi connectivity index (χ0n) is 18.8. The lowest BCUT2D eigenvalue weighted by Gasteiger charge is -2.18. The Morgan fingerprint density at radius 2 is 1.31 bits per heavy atom. The molecule has 5 rings (SSSR count). The van der Waals surface area contributed by atoms with Crippen LogP contribution in [0.2, 0.25) is 0 Å². The molecule has 0 bridgehead atoms. The molecule has 0 amide bonds. The standard InChI is InChI=1S/C27H24N4O4/c28-21-10-6-19(7-11-21)23-14-25(34-30-23)27(33,17-32)26-15-24(31-35-26)20-8-12-22(13-9-20)29-16-18-4-2-1-3-5-18/h1-15,29,32-33H,16-17,28H2. The maximum absolute atomic E-state index is 11.2. The van der Waals surface area contributed by atoms with E-state index in [1.165, 1.54) is 5.56 Å². The molecule has 8 heteroatoms. The summed E-state index contributed by atoms with van der Waals surface area (Å²) >= 11 is 0. The fourth-order valence-electron chi connectivity index (χ4n) is 3.70. The first-order valence-electron chi connectivity index (χ1n) is 11.1. The average Bonchev–Trinajstić information content (AvgIpc) is 3.60. The largest absolute Gasteiger partial charge is 0.399 e. The van der Waals surface area contributed by atoms with Crippen LogP contribution in [-0.4, -0.2) is 27.1 Å². The first-order valence-corrected chi connectivity index (χ1v) is 11.1. The lowest BCUT2D eigenvalue weighted by atomic mass is 9.96. The van der Waals surface area contributed by atoms with Gasteiger partial charge in [-0.3, -0.25) is 0 Å². The van der Waals surface area contributed by atoms with Crippen LogP contribution in [0.1, 0.15) is 17.1 Å². The number of anilines is 2. The molecule has 0 saturated carbocycles. The number of benzene rings is 3. The Morgan fingerprint density at radius 1 is 0.771 bits per heavy atom. The summed E-state index contributed by atoms with van der Waals surface area (Å²) in [5.41, 5.74) is 9.13. The van der Waals surface area contributed by atoms with E-state index in [2.05, 4.69) is 27.8 Å². The predicted molar refractivity (Wildman–Crippen MR) is 132 cm³/mol. The topological polar surface area (TPSA) is 131 Å². The van der Waals surface area contributed by atoms with E-state index < -0.39 is 12.2 Å². The highest BCUT2D eigenvalue weighted by molar-refractivity contribution is 5.64. The Morgan fingerprint density at radius 3 is 1.86 bits per heavy atom. The normalized spacial score (nSPS) is 12.9. The zero-order valence-corrected chi connectivity index (χ0v) is 18.8. The summed E-state index contributed by atoms with van der Waals surface area (Å²) in [7, 11) is 0. The van der Waals surface area contributed by atoms with Crippen molar-refractivity contribution >= 4 is 11.4 Å². The van der Waals surface area contributed by atoms with Gasteiger partial charge in [0.2, 0.25) is 5.60 Å². The molecule has 0 aliphatic carbocycles. The summed E-state index contributed by atoms with van der Waals surface area (Å²) < 4.78 is 10.8. The van der Waals surface area contributed by atoms with Crippen LogP contribution in [0.4, 0.5) is 11.4 Å². The van der Waals surface area contributed by atoms with Crippen LogP contribution in [0.25, 0.3) is 22.5 Å². The SMILES string of the molecule is Nc1ccc(-c2cc(C(O)(CO)c3cc(-c4ccc(NCc5ccccc5)cc4)no3)on2)cc1. The van der Waals surface area contributed by atoms with Crippen LogP contribution < -0.4 is 11.1 Å². The highest BCUT2D eigenvalue weighted by Gasteiger charge is 2.40. The highest BCUT2D eigenvalue weighted by Crippen LogP contribution is 2.34. The van der Waals surface area contributed by atoms with Gasteiger partial charge >= 0.3 is 0 Å². The van der Waals surface area contributed by atoms with Gasteiger partial charge in [0.1, 0.15) is 11.4 Å². The van der Waals surface area contributed by atoms with Crippen molar-refractivity contribution in [3.8, 4) is 22.5 Å². The lowest BCUT2D eigenvalue weighted by molar-refractivity contribution is -0.0243. The monoisotopic (exact) mass is 468 g/mol. The van der Waals surface area contributed by atoms with E-state index in [1.54, 1.807) is 36.4 Å². The van der Waals surface area contributed by atoms with Crippen molar-refractivity contribution in [3.05, 3.63) is 108 Å². The molecule has 5 N–H and O–H groups in total. The van der Waals surface area contributed by atoms with Crippen molar-refractivity contribution in [2.45, 2.75) is 12.1 Å². The van der Waals surface area contributed by atoms with Crippen molar-refractivity contribution < 1.29 is 19.3 Å². The molecular formula is C27H24N4O4. The van der Waals surface area contributed by atoms with Gasteiger partial charge < -0.3 is 30.3 Å². The summed E-state index contributed by atoms with van der Waals surface area (Å²) in [5.74, 6) is 0.0799. The van der Waals surface area contributed by atoms with Crippen molar-refractivity contribution in [2.24, 2.45) is 0 Å². The van der Waals surface area contributed by atoms with Crippen molar-refractivity contribution in [2.75, 3.05) is 17.7 Å². The van der Waals surface area contributed by atoms with Crippen LogP contribution in [0, 0.1) is 0 Å². The van der Waals surface area contributed by atoms with Gasteiger partial charge in [-0.15, -0.1) is 0 Å². The summed E-state index contributed by atoms with van der Waals surface area (Å²) in [6, 6.07) is 28.0. The first kappa shape index (κ1) is 22.4. The van der Waals surface area contributed by atoms with E-state index in [-0.39, 0.29) is 11.5 Å². The maximum atomic E-state index is 11.2. The fourth-order valence-corrected chi connectivity index (χ4v) is 3.70. The molecule has 2 aromatic heterocycles. The first-order chi connectivity index (χ1) is 17.0. The Bertz CT molecular complexity index is 1400. The van der Waals surface area contributed by atoms with Gasteiger partial charge in [-0.25, -0.2) is 0 Å². The number of hydrogen-bond donors (Lipinski definition) is 4. The number of nitrogens with two attached hydrogens (primary N) is 1. The van der Waals surface area contributed by atoms with E-state index >= 15 is 0 Å². The van der Waals surface area contributed by atoms with E-state index in [1.807, 2.05) is 42.5 Å². The van der Waals surface area contributed by atoms with Gasteiger partial charge in [0.05, 0.1) is 6.61 Å². The van der Waals surface area contributed by atoms with Gasteiger partial charge in [-0.1, -0.05) is 64.9 Å². The van der Waals surface area contributed by atoms with Crippen LogP contribution in [0.5, 0.6) is 0 Å². The van der Waals surface area contributed by atoms with Crippen LogP contribution in [0.3, 0.4) is 0 Å². The van der Waals surface area contributed by atoms with Crippen molar-refractivity contribution in [1.82, 2.24) is 10.3 Å². The molecule has 0 radical (unpaired) electrons. The molecular weight excluding hydrogens is 444 g/mol. The quantitative estimate of drug-likeness (QED) is 0.246. The number of aromatic nitrogens is 2. The molecule has 1 atom stereocenters. The van der Waals surface area contributed by atoms with Crippen LogP contribution in [0.15, 0.2) is 100 Å². The molecule has 8 nitrogen and oxygen atoms in total. The number of aliphatic hydroxyl groups is 2. The summed E-state index contributed by atoms with van der Waals surface area (Å²) in [5, 5.41) is 32.7. The van der Waals surface area contributed by atoms with Gasteiger partial charge in [0, 0.05) is 41.2 Å². The molecule has 0 spiro atoms. The van der Waals surface area contributed by atoms with E-state index in [0.717, 1.165) is 16.8 Å². The molecule has 1 unspecified atom stereocenters. The molecule has 0 aliphatic rings. The Kier molecular flexibility index (Phi) is 6.05. The summed E-state index contributed by atoms with van der Waals surface area (Å²) in [6.45, 7) is 0.0354. The van der Waals surface area contributed by atoms with E-state index in [9.17, 15) is 10.2 Å². The Hall–Kier alpha value is -4.40. The molecule has 35 heavy (non-hydrogen) atoms. The number of nitrogens with zero attached hydrogens (tertiary/aromatic N) is 2. The lowest BCUT2D eigenvalue weighted by Crippen LogP contribution is -2.30. The van der Waals surface area contributed by atoms with Crippen molar-refractivity contribution in [1.29, 1.82) is 0 Å². The summed E-state index contributed by atoms with van der Waals surface area (Å²) in [4.78, 5) is 0. The molecule has 5 aromatic rings. The number of rotatable bonds is 8. The minimum Gasteiger partial charge on any atom is -0.399 e. The molecule has 0 saturated heterocycles. The van der Waals surface area contributed by atoms with E-state index in [0.29, 0.717) is 23.6 Å².